The highest BCUT2D eigenvalue weighted by Crippen LogP contribution is 2.16. The highest BCUT2D eigenvalue weighted by atomic mass is 31.1. The van der Waals surface area contributed by atoms with Crippen LogP contribution in [0.5, 0.6) is 0 Å². The summed E-state index contributed by atoms with van der Waals surface area (Å²) in [5.41, 5.74) is 0. The molecule has 0 aliphatic rings. The zero-order valence-electron chi connectivity index (χ0n) is 10.7. The summed E-state index contributed by atoms with van der Waals surface area (Å²) in [5, 5.41) is 0. The van der Waals surface area contributed by atoms with E-state index in [1.54, 1.807) is 0 Å². The smallest absolute Gasteiger partial charge is 0.0319 e. The summed E-state index contributed by atoms with van der Waals surface area (Å²) < 4.78 is 0. The van der Waals surface area contributed by atoms with Crippen LogP contribution in [0.1, 0.15) is 71.6 Å². The molecule has 1 unspecified atom stereocenters. The zero-order valence-corrected chi connectivity index (χ0v) is 11.7. The van der Waals surface area contributed by atoms with Crippen molar-refractivity contribution in [1.82, 2.24) is 0 Å². The molecule has 0 saturated heterocycles. The van der Waals surface area contributed by atoms with Crippen molar-refractivity contribution in [3.05, 3.63) is 11.9 Å². The van der Waals surface area contributed by atoms with Crippen molar-refractivity contribution >= 4 is 8.58 Å². The lowest BCUT2D eigenvalue weighted by Gasteiger charge is -2.01. The average Bonchev–Trinajstić information content (AvgIpc) is 2.26. The van der Waals surface area contributed by atoms with E-state index in [0.29, 0.717) is 0 Å². The van der Waals surface area contributed by atoms with E-state index < -0.39 is 0 Å². The Hall–Kier alpha value is 0.170. The van der Waals surface area contributed by atoms with E-state index in [1.165, 1.54) is 63.9 Å². The van der Waals surface area contributed by atoms with Crippen LogP contribution in [0.4, 0.5) is 0 Å². The largest absolute Gasteiger partial charge is 0.0988 e. The summed E-state index contributed by atoms with van der Waals surface area (Å²) in [7, 11) is 1.06. The summed E-state index contributed by atoms with van der Waals surface area (Å²) in [6.07, 6.45) is 16.6. The lowest BCUT2D eigenvalue weighted by atomic mass is 10.1. The van der Waals surface area contributed by atoms with Crippen molar-refractivity contribution < 1.29 is 0 Å². The summed E-state index contributed by atoms with van der Waals surface area (Å²) in [6, 6.07) is 0. The number of allylic oxidation sites excluding steroid dienone is 1. The molecule has 15 heavy (non-hydrogen) atoms. The fourth-order valence-electron chi connectivity index (χ4n) is 1.74. The molecule has 0 aromatic carbocycles. The Bertz CT molecular complexity index is 129. The molecule has 0 N–H and O–H groups in total. The minimum absolute atomic E-state index is 1.06. The van der Waals surface area contributed by atoms with Crippen LogP contribution in [0.2, 0.25) is 0 Å². The summed E-state index contributed by atoms with van der Waals surface area (Å²) in [4.78, 5) is 0. The molecule has 0 radical (unpaired) electrons. The van der Waals surface area contributed by atoms with Gasteiger partial charge in [0.05, 0.1) is 0 Å². The Morgan fingerprint density at radius 1 is 0.800 bits per heavy atom. The number of hydrogen-bond donors (Lipinski definition) is 0. The zero-order chi connectivity index (χ0) is 11.2. The molecule has 90 valence electrons. The molecule has 0 aromatic rings. The monoisotopic (exact) mass is 228 g/mol. The van der Waals surface area contributed by atoms with Gasteiger partial charge >= 0.3 is 0 Å². The summed E-state index contributed by atoms with van der Waals surface area (Å²) in [6.45, 7) is 4.40. The number of rotatable bonds is 11. The third-order valence-corrected chi connectivity index (χ3v) is 3.92. The van der Waals surface area contributed by atoms with Gasteiger partial charge in [-0.05, 0) is 19.5 Å². The van der Waals surface area contributed by atoms with Crippen LogP contribution < -0.4 is 0 Å². The Morgan fingerprint density at radius 3 is 1.87 bits per heavy atom. The van der Waals surface area contributed by atoms with E-state index in [2.05, 4.69) is 25.7 Å². The lowest BCUT2D eigenvalue weighted by molar-refractivity contribution is 0.573. The third kappa shape index (κ3) is 14.2. The van der Waals surface area contributed by atoms with Crippen LogP contribution in [0.25, 0.3) is 0 Å². The normalized spacial score (nSPS) is 12.1. The van der Waals surface area contributed by atoms with E-state index in [9.17, 15) is 0 Å². The van der Waals surface area contributed by atoms with Gasteiger partial charge < -0.3 is 0 Å². The van der Waals surface area contributed by atoms with Crippen LogP contribution >= 0.6 is 8.58 Å². The van der Waals surface area contributed by atoms with Crippen LogP contribution in [-0.4, -0.2) is 6.16 Å². The molecule has 1 atom stereocenters. The molecule has 0 aliphatic heterocycles. The number of hydrogen-bond acceptors (Lipinski definition) is 0. The molecule has 0 spiro atoms. The Morgan fingerprint density at radius 2 is 1.33 bits per heavy atom. The van der Waals surface area contributed by atoms with E-state index >= 15 is 0 Å². The van der Waals surface area contributed by atoms with E-state index in [-0.39, 0.29) is 0 Å². The van der Waals surface area contributed by atoms with Gasteiger partial charge in [0.25, 0.3) is 0 Å². The van der Waals surface area contributed by atoms with Crippen LogP contribution in [0, 0.1) is 0 Å². The van der Waals surface area contributed by atoms with E-state index in [1.807, 2.05) is 0 Å². The van der Waals surface area contributed by atoms with Gasteiger partial charge in [-0.3, -0.25) is 0 Å². The second kappa shape index (κ2) is 14.2. The average molecular weight is 228 g/mol. The summed E-state index contributed by atoms with van der Waals surface area (Å²) in [5.74, 6) is 2.31. The molecule has 0 saturated carbocycles. The van der Waals surface area contributed by atoms with Gasteiger partial charge in [-0.25, -0.2) is 0 Å². The second-order valence-corrected chi connectivity index (χ2v) is 5.52. The molecule has 1 heteroatoms. The fourth-order valence-corrected chi connectivity index (χ4v) is 2.60. The first-order valence-corrected chi connectivity index (χ1v) is 8.04. The van der Waals surface area contributed by atoms with Crippen molar-refractivity contribution in [2.45, 2.75) is 71.6 Å². The molecule has 0 amide bonds. The lowest BCUT2D eigenvalue weighted by Crippen LogP contribution is -1.81. The molecule has 0 nitrogen and oxygen atoms in total. The standard InChI is InChI=1S/C14H29P/c1-3-5-6-7-8-9-10-11-12-14-15-13-4-2/h4,13,15H,3,5-12,14H2,1-2H3/b13-4-. The van der Waals surface area contributed by atoms with Crippen molar-refractivity contribution in [3.8, 4) is 0 Å². The Kier molecular flexibility index (Phi) is 14.3. The molecular formula is C14H29P. The first kappa shape index (κ1) is 15.2. The SMILES string of the molecule is C/C=C\PCCCCCCCCCCC. The maximum atomic E-state index is 2.31. The van der Waals surface area contributed by atoms with Gasteiger partial charge in [0.2, 0.25) is 0 Å². The molecule has 0 bridgehead atoms. The van der Waals surface area contributed by atoms with Crippen molar-refractivity contribution in [2.75, 3.05) is 6.16 Å². The minimum Gasteiger partial charge on any atom is -0.0988 e. The number of unbranched alkanes of at least 4 members (excludes halogenated alkanes) is 8. The van der Waals surface area contributed by atoms with Gasteiger partial charge in [0.1, 0.15) is 0 Å². The molecular weight excluding hydrogens is 199 g/mol. The highest BCUT2D eigenvalue weighted by Gasteiger charge is 1.91. The summed E-state index contributed by atoms with van der Waals surface area (Å²) >= 11 is 0. The Balaban J connectivity index is 2.86. The molecule has 0 aromatic heterocycles. The van der Waals surface area contributed by atoms with Gasteiger partial charge in [-0.1, -0.05) is 78.8 Å². The molecule has 0 heterocycles. The quantitative estimate of drug-likeness (QED) is 0.313. The predicted octanol–water partition coefficient (Wildman–Crippen LogP) is 5.73. The Labute approximate surface area is 98.7 Å². The maximum absolute atomic E-state index is 2.31. The van der Waals surface area contributed by atoms with Crippen LogP contribution in [0.15, 0.2) is 11.9 Å². The topological polar surface area (TPSA) is 0 Å². The molecule has 0 fully saturated rings. The van der Waals surface area contributed by atoms with Gasteiger partial charge in [-0.15, -0.1) is 0 Å². The predicted molar refractivity (Wildman–Crippen MR) is 75.2 cm³/mol. The maximum Gasteiger partial charge on any atom is -0.0319 e. The van der Waals surface area contributed by atoms with Crippen molar-refractivity contribution in [2.24, 2.45) is 0 Å². The first-order chi connectivity index (χ1) is 7.41. The van der Waals surface area contributed by atoms with Crippen LogP contribution in [0.3, 0.4) is 0 Å². The van der Waals surface area contributed by atoms with Gasteiger partial charge in [-0.2, -0.15) is 0 Å². The minimum atomic E-state index is 1.06. The molecule has 0 rings (SSSR count). The van der Waals surface area contributed by atoms with Crippen LogP contribution in [-0.2, 0) is 0 Å². The van der Waals surface area contributed by atoms with Crippen molar-refractivity contribution in [3.63, 3.8) is 0 Å². The highest BCUT2D eigenvalue weighted by molar-refractivity contribution is 7.41. The third-order valence-electron chi connectivity index (χ3n) is 2.71. The van der Waals surface area contributed by atoms with E-state index in [4.69, 9.17) is 0 Å². The second-order valence-electron chi connectivity index (χ2n) is 4.28. The first-order valence-electron chi connectivity index (χ1n) is 6.76. The van der Waals surface area contributed by atoms with E-state index in [0.717, 1.165) is 8.58 Å². The fraction of sp³-hybridized carbons (Fsp3) is 0.857. The van der Waals surface area contributed by atoms with Gasteiger partial charge in [0, 0.05) is 0 Å². The van der Waals surface area contributed by atoms with Gasteiger partial charge in [0.15, 0.2) is 0 Å². The molecule has 0 aliphatic carbocycles. The van der Waals surface area contributed by atoms with Crippen molar-refractivity contribution in [1.29, 1.82) is 0 Å².